The number of rotatable bonds is 4. The summed E-state index contributed by atoms with van der Waals surface area (Å²) in [6, 6.07) is 8.17. The van der Waals surface area contributed by atoms with Crippen LogP contribution in [-0.2, 0) is 0 Å². The molecule has 20 heavy (non-hydrogen) atoms. The zero-order valence-electron chi connectivity index (χ0n) is 10.7. The molecule has 0 aliphatic carbocycles. The Labute approximate surface area is 123 Å². The fourth-order valence-electron chi connectivity index (χ4n) is 1.62. The number of aromatic amines is 1. The van der Waals surface area contributed by atoms with E-state index in [4.69, 9.17) is 0 Å². The predicted octanol–water partition coefficient (Wildman–Crippen LogP) is 2.22. The third kappa shape index (κ3) is 3.45. The smallest absolute Gasteiger partial charge is 0.276 e. The summed E-state index contributed by atoms with van der Waals surface area (Å²) >= 11 is 3.36. The van der Waals surface area contributed by atoms with E-state index in [9.17, 15) is 9.59 Å². The van der Waals surface area contributed by atoms with Gasteiger partial charge in [0.1, 0.15) is 5.69 Å². The summed E-state index contributed by atoms with van der Waals surface area (Å²) in [5, 5.41) is 11.8. The van der Waals surface area contributed by atoms with Crippen LogP contribution in [0.2, 0.25) is 0 Å². The number of amides is 1. The molecule has 3 N–H and O–H groups in total. The first-order chi connectivity index (χ1) is 9.60. The van der Waals surface area contributed by atoms with E-state index in [1.54, 1.807) is 6.07 Å². The molecule has 0 unspecified atom stereocenters. The van der Waals surface area contributed by atoms with Gasteiger partial charge in [0.05, 0.1) is 11.4 Å². The summed E-state index contributed by atoms with van der Waals surface area (Å²) in [7, 11) is 0. The molecule has 0 radical (unpaired) electrons. The van der Waals surface area contributed by atoms with Crippen molar-refractivity contribution in [1.29, 1.82) is 0 Å². The van der Waals surface area contributed by atoms with Crippen LogP contribution in [0.25, 0.3) is 0 Å². The van der Waals surface area contributed by atoms with Gasteiger partial charge in [0.2, 0.25) is 0 Å². The van der Waals surface area contributed by atoms with Gasteiger partial charge in [0, 0.05) is 17.1 Å². The van der Waals surface area contributed by atoms with Gasteiger partial charge in [-0.2, -0.15) is 5.10 Å². The lowest BCUT2D eigenvalue weighted by Crippen LogP contribution is -2.18. The fourth-order valence-corrected chi connectivity index (χ4v) is 1.98. The monoisotopic (exact) mass is 336 g/mol. The first-order valence-corrected chi connectivity index (χ1v) is 6.80. The highest BCUT2D eigenvalue weighted by Crippen LogP contribution is 2.26. The fraction of sp³-hybridized carbons (Fsp3) is 0.154. The number of carbonyl (C=O) groups excluding carboxylic acids is 1. The van der Waals surface area contributed by atoms with E-state index in [1.165, 1.54) is 12.1 Å². The number of benzene rings is 1. The van der Waals surface area contributed by atoms with Crippen molar-refractivity contribution in [3.63, 3.8) is 0 Å². The Morgan fingerprint density at radius 2 is 2.10 bits per heavy atom. The van der Waals surface area contributed by atoms with Crippen LogP contribution in [-0.4, -0.2) is 22.6 Å². The first kappa shape index (κ1) is 14.3. The van der Waals surface area contributed by atoms with Crippen molar-refractivity contribution in [2.45, 2.75) is 6.92 Å². The molecule has 6 nitrogen and oxygen atoms in total. The molecule has 1 heterocycles. The first-order valence-electron chi connectivity index (χ1n) is 6.00. The van der Waals surface area contributed by atoms with Crippen LogP contribution in [0.4, 0.5) is 11.4 Å². The molecule has 0 aliphatic heterocycles. The standard InChI is InChI=1S/C13H13BrN4O2/c1-2-15-9-4-3-8(14)7-11(9)16-13(20)10-5-6-12(19)18-17-10/h3-7,15H,2H2,1H3,(H,16,20)(H,18,19). The molecule has 1 amide bonds. The lowest BCUT2D eigenvalue weighted by atomic mass is 10.2. The number of carbonyl (C=O) groups is 1. The van der Waals surface area contributed by atoms with Gasteiger partial charge in [-0.1, -0.05) is 15.9 Å². The Balaban J connectivity index is 2.24. The van der Waals surface area contributed by atoms with Crippen molar-refractivity contribution in [2.75, 3.05) is 17.2 Å². The molecule has 104 valence electrons. The number of hydrogen-bond acceptors (Lipinski definition) is 4. The van der Waals surface area contributed by atoms with Crippen molar-refractivity contribution >= 4 is 33.2 Å². The van der Waals surface area contributed by atoms with Crippen molar-refractivity contribution in [3.05, 3.63) is 50.9 Å². The second-order valence-electron chi connectivity index (χ2n) is 3.98. The van der Waals surface area contributed by atoms with E-state index in [0.29, 0.717) is 5.69 Å². The van der Waals surface area contributed by atoms with Crippen LogP contribution in [0, 0.1) is 0 Å². The molecule has 0 saturated heterocycles. The summed E-state index contributed by atoms with van der Waals surface area (Å²) in [5.41, 5.74) is 1.25. The van der Waals surface area contributed by atoms with E-state index < -0.39 is 5.91 Å². The Morgan fingerprint density at radius 3 is 2.75 bits per heavy atom. The summed E-state index contributed by atoms with van der Waals surface area (Å²) in [4.78, 5) is 23.0. The quantitative estimate of drug-likeness (QED) is 0.798. The molecule has 1 aromatic heterocycles. The molecular formula is C13H13BrN4O2. The maximum atomic E-state index is 12.1. The molecule has 0 spiro atoms. The number of nitrogens with zero attached hydrogens (tertiary/aromatic N) is 1. The van der Waals surface area contributed by atoms with E-state index in [0.717, 1.165) is 16.7 Å². The van der Waals surface area contributed by atoms with E-state index in [2.05, 4.69) is 36.8 Å². The Hall–Kier alpha value is -2.15. The predicted molar refractivity (Wildman–Crippen MR) is 81.1 cm³/mol. The SMILES string of the molecule is CCNc1ccc(Br)cc1NC(=O)c1ccc(=O)[nH]n1. The highest BCUT2D eigenvalue weighted by molar-refractivity contribution is 9.10. The maximum Gasteiger partial charge on any atom is 0.276 e. The Kier molecular flexibility index (Phi) is 4.52. The van der Waals surface area contributed by atoms with Crippen molar-refractivity contribution in [1.82, 2.24) is 10.2 Å². The second kappa shape index (κ2) is 6.33. The third-order valence-electron chi connectivity index (χ3n) is 2.51. The van der Waals surface area contributed by atoms with E-state index in [-0.39, 0.29) is 11.3 Å². The van der Waals surface area contributed by atoms with Crippen LogP contribution in [0.1, 0.15) is 17.4 Å². The van der Waals surface area contributed by atoms with Gasteiger partial charge >= 0.3 is 0 Å². The summed E-state index contributed by atoms with van der Waals surface area (Å²) in [5.74, 6) is -0.390. The van der Waals surface area contributed by atoms with Crippen LogP contribution >= 0.6 is 15.9 Å². The highest BCUT2D eigenvalue weighted by Gasteiger charge is 2.11. The van der Waals surface area contributed by atoms with Gasteiger partial charge in [-0.25, -0.2) is 5.10 Å². The Morgan fingerprint density at radius 1 is 1.30 bits per heavy atom. The topological polar surface area (TPSA) is 86.9 Å². The van der Waals surface area contributed by atoms with Crippen molar-refractivity contribution in [2.24, 2.45) is 0 Å². The molecule has 0 atom stereocenters. The zero-order chi connectivity index (χ0) is 14.5. The van der Waals surface area contributed by atoms with E-state index >= 15 is 0 Å². The van der Waals surface area contributed by atoms with Gasteiger partial charge in [-0.05, 0) is 31.2 Å². The van der Waals surface area contributed by atoms with Gasteiger partial charge in [0.15, 0.2) is 0 Å². The summed E-state index contributed by atoms with van der Waals surface area (Å²) < 4.78 is 0.851. The number of H-pyrrole nitrogens is 1. The molecule has 0 saturated carbocycles. The number of aromatic nitrogens is 2. The zero-order valence-corrected chi connectivity index (χ0v) is 12.3. The van der Waals surface area contributed by atoms with Gasteiger partial charge in [0.25, 0.3) is 11.5 Å². The number of halogens is 1. The van der Waals surface area contributed by atoms with Gasteiger partial charge in [-0.3, -0.25) is 9.59 Å². The third-order valence-corrected chi connectivity index (χ3v) is 3.00. The van der Waals surface area contributed by atoms with Gasteiger partial charge in [-0.15, -0.1) is 0 Å². The lowest BCUT2D eigenvalue weighted by molar-refractivity contribution is 0.102. The molecule has 0 fully saturated rings. The lowest BCUT2D eigenvalue weighted by Gasteiger charge is -2.12. The second-order valence-corrected chi connectivity index (χ2v) is 4.90. The highest BCUT2D eigenvalue weighted by atomic mass is 79.9. The summed E-state index contributed by atoms with van der Waals surface area (Å²) in [6.07, 6.45) is 0. The minimum atomic E-state index is -0.390. The van der Waals surface area contributed by atoms with E-state index in [1.807, 2.05) is 19.1 Å². The normalized spacial score (nSPS) is 10.1. The molecule has 2 aromatic rings. The van der Waals surface area contributed by atoms with Crippen molar-refractivity contribution < 1.29 is 4.79 Å². The average molecular weight is 337 g/mol. The molecular weight excluding hydrogens is 324 g/mol. The van der Waals surface area contributed by atoms with Crippen LogP contribution < -0.4 is 16.2 Å². The Bertz CT molecular complexity index is 664. The largest absolute Gasteiger partial charge is 0.384 e. The molecule has 0 bridgehead atoms. The molecule has 1 aromatic carbocycles. The maximum absolute atomic E-state index is 12.1. The van der Waals surface area contributed by atoms with Crippen molar-refractivity contribution in [3.8, 4) is 0 Å². The van der Waals surface area contributed by atoms with Crippen LogP contribution in [0.3, 0.4) is 0 Å². The molecule has 7 heteroatoms. The van der Waals surface area contributed by atoms with Gasteiger partial charge < -0.3 is 10.6 Å². The minimum Gasteiger partial charge on any atom is -0.384 e. The van der Waals surface area contributed by atoms with Crippen LogP contribution in [0.15, 0.2) is 39.6 Å². The average Bonchev–Trinajstić information content (AvgIpc) is 2.42. The summed E-state index contributed by atoms with van der Waals surface area (Å²) in [6.45, 7) is 2.71. The number of hydrogen-bond donors (Lipinski definition) is 3. The number of nitrogens with one attached hydrogen (secondary N) is 3. The molecule has 2 rings (SSSR count). The van der Waals surface area contributed by atoms with Crippen LogP contribution in [0.5, 0.6) is 0 Å². The molecule has 0 aliphatic rings. The minimum absolute atomic E-state index is 0.145. The number of anilines is 2.